The lowest BCUT2D eigenvalue weighted by Crippen LogP contribution is -2.30. The fourth-order valence-electron chi connectivity index (χ4n) is 1.64. The number of thiophene rings is 1. The van der Waals surface area contributed by atoms with Crippen molar-refractivity contribution in [3.63, 3.8) is 0 Å². The molecule has 0 amide bonds. The Labute approximate surface area is 118 Å². The molecule has 1 atom stereocenters. The summed E-state index contributed by atoms with van der Waals surface area (Å²) in [5.41, 5.74) is -0.512. The van der Waals surface area contributed by atoms with Crippen LogP contribution in [0.5, 0.6) is 0 Å². The molecule has 2 heterocycles. The third-order valence-corrected chi connectivity index (χ3v) is 3.55. The molecule has 106 valence electrons. The van der Waals surface area contributed by atoms with Gasteiger partial charge in [0.1, 0.15) is 0 Å². The van der Waals surface area contributed by atoms with Crippen LogP contribution in [0.25, 0.3) is 10.4 Å². The Morgan fingerprint density at radius 2 is 2.25 bits per heavy atom. The van der Waals surface area contributed by atoms with Gasteiger partial charge in [-0.1, -0.05) is 18.2 Å². The number of rotatable bonds is 5. The molecule has 0 aromatic carbocycles. The second kappa shape index (κ2) is 6.47. The van der Waals surface area contributed by atoms with Gasteiger partial charge in [-0.2, -0.15) is 0 Å². The van der Waals surface area contributed by atoms with Crippen LogP contribution in [0.15, 0.2) is 45.5 Å². The molecular formula is C13H14N2O4S. The Balaban J connectivity index is 2.30. The molecular weight excluding hydrogens is 280 g/mol. The number of nitrogens with zero attached hydrogens (tertiary/aromatic N) is 1. The third kappa shape index (κ3) is 3.32. The molecule has 0 bridgehead atoms. The molecule has 3 N–H and O–H groups in total. The van der Waals surface area contributed by atoms with Crippen molar-refractivity contribution in [1.82, 2.24) is 9.55 Å². The van der Waals surface area contributed by atoms with E-state index in [1.807, 2.05) is 11.4 Å². The number of H-pyrrole nitrogens is 1. The van der Waals surface area contributed by atoms with E-state index >= 15 is 0 Å². The van der Waals surface area contributed by atoms with Crippen molar-refractivity contribution in [3.05, 3.63) is 56.7 Å². The largest absolute Gasteiger partial charge is 0.393 e. The number of hydrogen-bond donors (Lipinski definition) is 3. The Morgan fingerprint density at radius 3 is 2.90 bits per heavy atom. The van der Waals surface area contributed by atoms with Crippen LogP contribution in [0.1, 0.15) is 0 Å². The topological polar surface area (TPSA) is 95.3 Å². The zero-order valence-electron chi connectivity index (χ0n) is 10.5. The van der Waals surface area contributed by atoms with Crippen LogP contribution in [0.2, 0.25) is 0 Å². The molecule has 1 unspecified atom stereocenters. The van der Waals surface area contributed by atoms with Crippen molar-refractivity contribution >= 4 is 11.3 Å². The molecule has 20 heavy (non-hydrogen) atoms. The summed E-state index contributed by atoms with van der Waals surface area (Å²) in [4.78, 5) is 26.5. The molecule has 6 nitrogen and oxygen atoms in total. The lowest BCUT2D eigenvalue weighted by Gasteiger charge is -2.04. The normalized spacial score (nSPS) is 12.9. The van der Waals surface area contributed by atoms with Gasteiger partial charge in [0.25, 0.3) is 5.56 Å². The smallest absolute Gasteiger partial charge is 0.328 e. The van der Waals surface area contributed by atoms with Gasteiger partial charge >= 0.3 is 5.69 Å². The quantitative estimate of drug-likeness (QED) is 0.685. The third-order valence-electron chi connectivity index (χ3n) is 2.64. The molecule has 2 rings (SSSR count). The number of nitrogens with one attached hydrogen (secondary N) is 1. The van der Waals surface area contributed by atoms with E-state index in [1.165, 1.54) is 28.2 Å². The lowest BCUT2D eigenvalue weighted by molar-refractivity contribution is 0.131. The molecule has 2 aromatic heterocycles. The summed E-state index contributed by atoms with van der Waals surface area (Å²) in [7, 11) is 0. The van der Waals surface area contributed by atoms with Crippen LogP contribution < -0.4 is 11.2 Å². The Morgan fingerprint density at radius 1 is 1.45 bits per heavy atom. The first-order chi connectivity index (χ1) is 9.61. The van der Waals surface area contributed by atoms with Crippen LogP contribution >= 0.6 is 11.3 Å². The highest BCUT2D eigenvalue weighted by molar-refractivity contribution is 7.13. The summed E-state index contributed by atoms with van der Waals surface area (Å²) in [6.07, 6.45) is 3.48. The number of allylic oxidation sites excluding steroid dienone is 1. The first kappa shape index (κ1) is 14.4. The van der Waals surface area contributed by atoms with Crippen molar-refractivity contribution in [2.45, 2.75) is 12.6 Å². The second-order valence-corrected chi connectivity index (χ2v) is 5.06. The van der Waals surface area contributed by atoms with Gasteiger partial charge in [-0.25, -0.2) is 4.79 Å². The van der Waals surface area contributed by atoms with Crippen LogP contribution in [-0.4, -0.2) is 32.5 Å². The number of aromatic amines is 1. The average molecular weight is 294 g/mol. The maximum absolute atomic E-state index is 11.8. The van der Waals surface area contributed by atoms with E-state index in [1.54, 1.807) is 12.1 Å². The van der Waals surface area contributed by atoms with Gasteiger partial charge in [0.2, 0.25) is 0 Å². The predicted octanol–water partition coefficient (Wildman–Crippen LogP) is 0.174. The van der Waals surface area contributed by atoms with Crippen molar-refractivity contribution < 1.29 is 10.2 Å². The maximum atomic E-state index is 11.8. The molecule has 0 aliphatic rings. The molecule has 0 aliphatic heterocycles. The highest BCUT2D eigenvalue weighted by Crippen LogP contribution is 2.20. The van der Waals surface area contributed by atoms with Crippen LogP contribution in [0.3, 0.4) is 0 Å². The Kier molecular flexibility index (Phi) is 4.67. The minimum atomic E-state index is -0.953. The summed E-state index contributed by atoms with van der Waals surface area (Å²) >= 11 is 1.41. The molecule has 0 radical (unpaired) electrons. The first-order valence-corrected chi connectivity index (χ1v) is 6.83. The number of aliphatic hydroxyl groups is 2. The lowest BCUT2D eigenvalue weighted by atomic mass is 10.3. The predicted molar refractivity (Wildman–Crippen MR) is 76.9 cm³/mol. The minimum absolute atomic E-state index is 0.199. The first-order valence-electron chi connectivity index (χ1n) is 5.95. The van der Waals surface area contributed by atoms with E-state index < -0.39 is 17.4 Å². The zero-order valence-corrected chi connectivity index (χ0v) is 11.3. The molecule has 0 saturated heterocycles. The van der Waals surface area contributed by atoms with E-state index in [0.717, 1.165) is 4.88 Å². The highest BCUT2D eigenvalue weighted by atomic mass is 32.1. The van der Waals surface area contributed by atoms with Gasteiger partial charge < -0.3 is 10.2 Å². The molecule has 0 spiro atoms. The van der Waals surface area contributed by atoms with Gasteiger partial charge in [0, 0.05) is 17.6 Å². The summed E-state index contributed by atoms with van der Waals surface area (Å²) in [5.74, 6) is 0. The SMILES string of the molecule is O=c1[nH]c(=O)n(C/C=C/C(O)CO)cc1-c1cccs1. The highest BCUT2D eigenvalue weighted by Gasteiger charge is 2.07. The summed E-state index contributed by atoms with van der Waals surface area (Å²) in [5, 5.41) is 19.7. The summed E-state index contributed by atoms with van der Waals surface area (Å²) < 4.78 is 1.33. The fourth-order valence-corrected chi connectivity index (χ4v) is 2.38. The molecule has 7 heteroatoms. The minimum Gasteiger partial charge on any atom is -0.393 e. The van der Waals surface area contributed by atoms with E-state index in [0.29, 0.717) is 5.56 Å². The number of aromatic nitrogens is 2. The number of aliphatic hydroxyl groups excluding tert-OH is 2. The van der Waals surface area contributed by atoms with Crippen LogP contribution in [-0.2, 0) is 6.54 Å². The maximum Gasteiger partial charge on any atom is 0.328 e. The van der Waals surface area contributed by atoms with Gasteiger partial charge in [-0.05, 0) is 11.4 Å². The molecule has 0 aliphatic carbocycles. The molecule has 0 saturated carbocycles. The van der Waals surface area contributed by atoms with Crippen molar-refractivity contribution in [1.29, 1.82) is 0 Å². The summed E-state index contributed by atoms with van der Waals surface area (Å²) in [6.45, 7) is -0.178. The van der Waals surface area contributed by atoms with E-state index in [9.17, 15) is 14.7 Å². The van der Waals surface area contributed by atoms with E-state index in [2.05, 4.69) is 4.98 Å². The van der Waals surface area contributed by atoms with Crippen LogP contribution in [0.4, 0.5) is 0 Å². The monoisotopic (exact) mass is 294 g/mol. The van der Waals surface area contributed by atoms with Gasteiger partial charge in [-0.15, -0.1) is 11.3 Å². The van der Waals surface area contributed by atoms with Gasteiger partial charge in [-0.3, -0.25) is 14.3 Å². The van der Waals surface area contributed by atoms with Crippen molar-refractivity contribution in [2.24, 2.45) is 0 Å². The Bertz CT molecular complexity index is 700. The van der Waals surface area contributed by atoms with Gasteiger partial charge in [0.15, 0.2) is 0 Å². The van der Waals surface area contributed by atoms with E-state index in [4.69, 9.17) is 5.11 Å². The molecule has 2 aromatic rings. The zero-order chi connectivity index (χ0) is 14.5. The molecule has 0 fully saturated rings. The van der Waals surface area contributed by atoms with Crippen LogP contribution in [0, 0.1) is 0 Å². The van der Waals surface area contributed by atoms with Crippen molar-refractivity contribution in [3.8, 4) is 10.4 Å². The number of hydrogen-bond acceptors (Lipinski definition) is 5. The average Bonchev–Trinajstić information content (AvgIpc) is 2.94. The van der Waals surface area contributed by atoms with Crippen molar-refractivity contribution in [2.75, 3.05) is 6.61 Å². The standard InChI is InChI=1S/C13H14N2O4S/c16-8-9(17)3-1-5-15-7-10(11-4-2-6-20-11)12(18)14-13(15)19/h1-4,6-7,9,16-17H,5,8H2,(H,14,18,19)/b3-1+. The summed E-state index contributed by atoms with van der Waals surface area (Å²) in [6, 6.07) is 3.63. The second-order valence-electron chi connectivity index (χ2n) is 4.11. The van der Waals surface area contributed by atoms with E-state index in [-0.39, 0.29) is 13.2 Å². The Hall–Kier alpha value is -1.96. The fraction of sp³-hybridized carbons (Fsp3) is 0.231. The van der Waals surface area contributed by atoms with Gasteiger partial charge in [0.05, 0.1) is 18.3 Å².